The number of halogens is 1. The van der Waals surface area contributed by atoms with Crippen LogP contribution in [0.3, 0.4) is 0 Å². The summed E-state index contributed by atoms with van der Waals surface area (Å²) in [5, 5.41) is 9.35. The van der Waals surface area contributed by atoms with Crippen LogP contribution in [0.5, 0.6) is 5.75 Å². The summed E-state index contributed by atoms with van der Waals surface area (Å²) in [6.07, 6.45) is 3.44. The van der Waals surface area contributed by atoms with Crippen LogP contribution in [0, 0.1) is 5.82 Å². The monoisotopic (exact) mass is 374 g/mol. The maximum absolute atomic E-state index is 13.6. The maximum Gasteiger partial charge on any atom is 0.191 e. The molecule has 0 fully saturated rings. The van der Waals surface area contributed by atoms with E-state index in [1.165, 1.54) is 17.8 Å². The van der Waals surface area contributed by atoms with E-state index < -0.39 is 0 Å². The summed E-state index contributed by atoms with van der Waals surface area (Å²) in [7, 11) is 1.66. The van der Waals surface area contributed by atoms with Crippen molar-refractivity contribution in [1.29, 1.82) is 0 Å². The van der Waals surface area contributed by atoms with Crippen molar-refractivity contribution >= 4 is 11.8 Å². The minimum Gasteiger partial charge on any atom is -0.490 e. The quantitative estimate of drug-likeness (QED) is 0.423. The molecule has 0 radical (unpaired) electrons. The van der Waals surface area contributed by atoms with Gasteiger partial charge in [0.25, 0.3) is 0 Å². The highest BCUT2D eigenvalue weighted by Gasteiger charge is 2.14. The van der Waals surface area contributed by atoms with E-state index in [9.17, 15) is 4.39 Å². The van der Waals surface area contributed by atoms with Crippen LogP contribution in [0.4, 0.5) is 4.39 Å². The number of hydrogen-bond acceptors (Lipinski definition) is 6. The van der Waals surface area contributed by atoms with Gasteiger partial charge in [-0.05, 0) is 24.3 Å². The molecule has 8 heteroatoms. The summed E-state index contributed by atoms with van der Waals surface area (Å²) in [5.41, 5.74) is 0.943. The number of para-hydroxylation sites is 1. The third-order valence-electron chi connectivity index (χ3n) is 3.58. The summed E-state index contributed by atoms with van der Waals surface area (Å²) in [5.74, 6) is 1.28. The zero-order chi connectivity index (χ0) is 18.2. The fourth-order valence-electron chi connectivity index (χ4n) is 2.34. The van der Waals surface area contributed by atoms with Crippen LogP contribution in [0.15, 0.2) is 53.9 Å². The lowest BCUT2D eigenvalue weighted by Gasteiger charge is -2.10. The van der Waals surface area contributed by atoms with Crippen LogP contribution < -0.4 is 4.74 Å². The average Bonchev–Trinajstić information content (AvgIpc) is 3.08. The summed E-state index contributed by atoms with van der Waals surface area (Å²) < 4.78 is 26.2. The molecule has 136 valence electrons. The molecule has 2 heterocycles. The Morgan fingerprint density at radius 1 is 1.08 bits per heavy atom. The number of benzene rings is 1. The van der Waals surface area contributed by atoms with Gasteiger partial charge in [-0.3, -0.25) is 9.55 Å². The van der Waals surface area contributed by atoms with Crippen LogP contribution in [0.1, 0.15) is 0 Å². The number of nitrogens with zero attached hydrogens (tertiary/aromatic N) is 4. The molecule has 0 N–H and O–H groups in total. The van der Waals surface area contributed by atoms with Crippen molar-refractivity contribution in [1.82, 2.24) is 19.7 Å². The lowest BCUT2D eigenvalue weighted by Crippen LogP contribution is -2.09. The maximum atomic E-state index is 13.6. The topological polar surface area (TPSA) is 62.1 Å². The molecular weight excluding hydrogens is 355 g/mol. The van der Waals surface area contributed by atoms with Gasteiger partial charge < -0.3 is 9.47 Å². The molecule has 6 nitrogen and oxygen atoms in total. The molecular formula is C18H19FN4O2S. The van der Waals surface area contributed by atoms with Gasteiger partial charge in [-0.15, -0.1) is 10.2 Å². The summed E-state index contributed by atoms with van der Waals surface area (Å²) >= 11 is 1.51. The Balaban J connectivity index is 1.65. The molecule has 0 spiro atoms. The highest BCUT2D eigenvalue weighted by Crippen LogP contribution is 2.24. The van der Waals surface area contributed by atoms with Crippen LogP contribution in [-0.2, 0) is 11.3 Å². The Labute approximate surface area is 155 Å². The molecule has 3 rings (SSSR count). The van der Waals surface area contributed by atoms with Gasteiger partial charge in [-0.2, -0.15) is 0 Å². The second-order valence-electron chi connectivity index (χ2n) is 5.31. The SMILES string of the molecule is COCCn1c(SCCOc2ccccc2F)nnc1-c1ccncc1. The molecule has 3 aromatic rings. The van der Waals surface area contributed by atoms with Gasteiger partial charge in [0.1, 0.15) is 0 Å². The molecule has 0 saturated heterocycles. The second kappa shape index (κ2) is 9.30. The molecule has 0 unspecified atom stereocenters. The van der Waals surface area contributed by atoms with Crippen molar-refractivity contribution in [3.63, 3.8) is 0 Å². The number of thioether (sulfide) groups is 1. The number of pyridine rings is 1. The number of rotatable bonds is 9. The first kappa shape index (κ1) is 18.3. The third kappa shape index (κ3) is 4.59. The molecule has 0 aliphatic rings. The van der Waals surface area contributed by atoms with E-state index in [1.54, 1.807) is 37.7 Å². The van der Waals surface area contributed by atoms with Crippen molar-refractivity contribution in [3.05, 3.63) is 54.6 Å². The largest absolute Gasteiger partial charge is 0.490 e. The predicted octanol–water partition coefficient (Wildman–Crippen LogP) is 3.30. The molecule has 0 atom stereocenters. The zero-order valence-corrected chi connectivity index (χ0v) is 15.2. The van der Waals surface area contributed by atoms with Gasteiger partial charge in [0, 0.05) is 30.8 Å². The van der Waals surface area contributed by atoms with Crippen LogP contribution in [0.2, 0.25) is 0 Å². The number of ether oxygens (including phenoxy) is 2. The Hall–Kier alpha value is -2.45. The highest BCUT2D eigenvalue weighted by molar-refractivity contribution is 7.99. The van der Waals surface area contributed by atoms with Crippen molar-refractivity contribution in [2.24, 2.45) is 0 Å². The molecule has 2 aromatic heterocycles. The summed E-state index contributed by atoms with van der Waals surface area (Å²) in [6, 6.07) is 10.2. The van der Waals surface area contributed by atoms with Gasteiger partial charge in [0.15, 0.2) is 22.5 Å². The summed E-state index contributed by atoms with van der Waals surface area (Å²) in [6.45, 7) is 1.56. The van der Waals surface area contributed by atoms with E-state index in [0.717, 1.165) is 16.5 Å². The van der Waals surface area contributed by atoms with E-state index in [2.05, 4.69) is 15.2 Å². The normalized spacial score (nSPS) is 10.8. The van der Waals surface area contributed by atoms with Crippen molar-refractivity contribution in [2.75, 3.05) is 26.1 Å². The lowest BCUT2D eigenvalue weighted by atomic mass is 10.2. The first-order valence-corrected chi connectivity index (χ1v) is 9.11. The Bertz CT molecular complexity index is 829. The molecule has 1 aromatic carbocycles. The van der Waals surface area contributed by atoms with E-state index in [0.29, 0.717) is 25.5 Å². The standard InChI is InChI=1S/C18H19FN4O2S/c1-24-11-10-23-17(14-6-8-20-9-7-14)21-22-18(23)26-13-12-25-16-5-3-2-4-15(16)19/h2-9H,10-13H2,1H3. The molecule has 26 heavy (non-hydrogen) atoms. The fraction of sp³-hybridized carbons (Fsp3) is 0.278. The van der Waals surface area contributed by atoms with E-state index in [-0.39, 0.29) is 11.6 Å². The highest BCUT2D eigenvalue weighted by atomic mass is 32.2. The Morgan fingerprint density at radius 2 is 1.88 bits per heavy atom. The minimum atomic E-state index is -0.360. The molecule has 0 amide bonds. The third-order valence-corrected chi connectivity index (χ3v) is 4.51. The van der Waals surface area contributed by atoms with Crippen LogP contribution >= 0.6 is 11.8 Å². The van der Waals surface area contributed by atoms with Gasteiger partial charge >= 0.3 is 0 Å². The molecule has 0 bridgehead atoms. The molecule has 0 aliphatic heterocycles. The van der Waals surface area contributed by atoms with Crippen LogP contribution in [0.25, 0.3) is 11.4 Å². The number of methoxy groups -OCH3 is 1. The average molecular weight is 374 g/mol. The molecule has 0 saturated carbocycles. The minimum absolute atomic E-state index is 0.256. The van der Waals surface area contributed by atoms with Gasteiger partial charge in [0.2, 0.25) is 0 Å². The van der Waals surface area contributed by atoms with Crippen LogP contribution in [-0.4, -0.2) is 45.8 Å². The van der Waals surface area contributed by atoms with Crippen molar-refractivity contribution in [3.8, 4) is 17.1 Å². The van der Waals surface area contributed by atoms with E-state index >= 15 is 0 Å². The fourth-order valence-corrected chi connectivity index (χ4v) is 3.12. The Morgan fingerprint density at radius 3 is 2.65 bits per heavy atom. The smallest absolute Gasteiger partial charge is 0.191 e. The Kier molecular flexibility index (Phi) is 6.56. The first-order chi connectivity index (χ1) is 12.8. The molecule has 0 aliphatic carbocycles. The first-order valence-electron chi connectivity index (χ1n) is 8.12. The summed E-state index contributed by atoms with van der Waals surface area (Å²) in [4.78, 5) is 4.03. The van der Waals surface area contributed by atoms with E-state index in [4.69, 9.17) is 9.47 Å². The zero-order valence-electron chi connectivity index (χ0n) is 14.3. The predicted molar refractivity (Wildman–Crippen MR) is 97.7 cm³/mol. The van der Waals surface area contributed by atoms with Crippen molar-refractivity contribution < 1.29 is 13.9 Å². The van der Waals surface area contributed by atoms with Gasteiger partial charge in [-0.25, -0.2) is 4.39 Å². The van der Waals surface area contributed by atoms with Crippen molar-refractivity contribution in [2.45, 2.75) is 11.7 Å². The lowest BCUT2D eigenvalue weighted by molar-refractivity contribution is 0.185. The number of hydrogen-bond donors (Lipinski definition) is 0. The van der Waals surface area contributed by atoms with Gasteiger partial charge in [-0.1, -0.05) is 23.9 Å². The van der Waals surface area contributed by atoms with Gasteiger partial charge in [0.05, 0.1) is 19.8 Å². The number of aromatic nitrogens is 4. The second-order valence-corrected chi connectivity index (χ2v) is 6.38. The van der Waals surface area contributed by atoms with E-state index in [1.807, 2.05) is 16.7 Å².